The van der Waals surface area contributed by atoms with Gasteiger partial charge in [-0.3, -0.25) is 4.90 Å². The lowest BCUT2D eigenvalue weighted by atomic mass is 9.97. The summed E-state index contributed by atoms with van der Waals surface area (Å²) >= 11 is 1.64. The summed E-state index contributed by atoms with van der Waals surface area (Å²) in [7, 11) is 0. The molecule has 0 spiro atoms. The fourth-order valence-corrected chi connectivity index (χ4v) is 3.30. The molecule has 0 aliphatic carbocycles. The second kappa shape index (κ2) is 5.68. The van der Waals surface area contributed by atoms with Crippen LogP contribution in [-0.4, -0.2) is 34.2 Å². The van der Waals surface area contributed by atoms with Crippen LogP contribution in [-0.2, 0) is 6.54 Å². The molecule has 3 rings (SSSR count). The van der Waals surface area contributed by atoms with Gasteiger partial charge in [-0.05, 0) is 30.7 Å². The van der Waals surface area contributed by atoms with Crippen molar-refractivity contribution < 1.29 is 9.52 Å². The number of hydrogen-bond acceptors (Lipinski definition) is 5. The molecule has 1 aliphatic heterocycles. The van der Waals surface area contributed by atoms with Crippen LogP contribution in [0.3, 0.4) is 0 Å². The number of likely N-dealkylation sites (tertiary alicyclic amines) is 1. The van der Waals surface area contributed by atoms with Gasteiger partial charge >= 0.3 is 0 Å². The highest BCUT2D eigenvalue weighted by Gasteiger charge is 2.25. The molecular formula is C15H20N2O2S. The standard InChI is InChI=1S/C15H20N2O2S/c1-10-8-17(6-5-13(10)18)9-12-11(2)19-15(16-12)14-4-3-7-20-14/h3-4,7,10,13,18H,5-6,8-9H2,1-2H3. The highest BCUT2D eigenvalue weighted by molar-refractivity contribution is 7.13. The lowest BCUT2D eigenvalue weighted by molar-refractivity contribution is 0.0315. The van der Waals surface area contributed by atoms with Gasteiger partial charge in [0.25, 0.3) is 0 Å². The quantitative estimate of drug-likeness (QED) is 0.945. The van der Waals surface area contributed by atoms with Crippen molar-refractivity contribution >= 4 is 11.3 Å². The monoisotopic (exact) mass is 292 g/mol. The van der Waals surface area contributed by atoms with Crippen LogP contribution in [0, 0.1) is 12.8 Å². The zero-order valence-corrected chi connectivity index (χ0v) is 12.7. The Hall–Kier alpha value is -1.17. The Balaban J connectivity index is 1.72. The van der Waals surface area contributed by atoms with Crippen molar-refractivity contribution in [3.05, 3.63) is 29.0 Å². The largest absolute Gasteiger partial charge is 0.440 e. The summed E-state index contributed by atoms with van der Waals surface area (Å²) in [6, 6.07) is 4.03. The summed E-state index contributed by atoms with van der Waals surface area (Å²) in [6.45, 7) is 6.72. The van der Waals surface area contributed by atoms with E-state index in [-0.39, 0.29) is 6.10 Å². The van der Waals surface area contributed by atoms with E-state index < -0.39 is 0 Å². The number of aliphatic hydroxyl groups excluding tert-OH is 1. The van der Waals surface area contributed by atoms with Crippen molar-refractivity contribution in [2.24, 2.45) is 5.92 Å². The SMILES string of the molecule is Cc1oc(-c2cccs2)nc1CN1CCC(O)C(C)C1. The lowest BCUT2D eigenvalue weighted by Crippen LogP contribution is -2.41. The Morgan fingerprint density at radius 3 is 3.10 bits per heavy atom. The number of aromatic nitrogens is 1. The number of aryl methyl sites for hydroxylation is 1. The highest BCUT2D eigenvalue weighted by atomic mass is 32.1. The van der Waals surface area contributed by atoms with Gasteiger partial charge in [0.15, 0.2) is 0 Å². The van der Waals surface area contributed by atoms with Crippen molar-refractivity contribution in [2.45, 2.75) is 32.9 Å². The van der Waals surface area contributed by atoms with Crippen molar-refractivity contribution in [1.82, 2.24) is 9.88 Å². The molecule has 2 aromatic heterocycles. The molecule has 1 fully saturated rings. The van der Waals surface area contributed by atoms with Crippen LogP contribution >= 0.6 is 11.3 Å². The zero-order valence-electron chi connectivity index (χ0n) is 11.9. The number of piperidine rings is 1. The number of thiophene rings is 1. The molecular weight excluding hydrogens is 272 g/mol. The molecule has 1 N–H and O–H groups in total. The first-order chi connectivity index (χ1) is 9.63. The maximum Gasteiger partial charge on any atom is 0.236 e. The molecule has 0 bridgehead atoms. The second-order valence-corrected chi connectivity index (χ2v) is 6.52. The van der Waals surface area contributed by atoms with Gasteiger partial charge in [-0.2, -0.15) is 0 Å². The minimum atomic E-state index is -0.161. The number of nitrogens with zero attached hydrogens (tertiary/aromatic N) is 2. The van der Waals surface area contributed by atoms with E-state index in [4.69, 9.17) is 4.42 Å². The van der Waals surface area contributed by atoms with Gasteiger partial charge in [0.2, 0.25) is 5.89 Å². The van der Waals surface area contributed by atoms with Gasteiger partial charge in [0.05, 0.1) is 16.7 Å². The van der Waals surface area contributed by atoms with Crippen LogP contribution in [0.25, 0.3) is 10.8 Å². The summed E-state index contributed by atoms with van der Waals surface area (Å²) in [5.74, 6) is 1.94. The average Bonchev–Trinajstić information content (AvgIpc) is 3.04. The van der Waals surface area contributed by atoms with Crippen LogP contribution in [0.4, 0.5) is 0 Å². The van der Waals surface area contributed by atoms with E-state index in [2.05, 4.69) is 16.8 Å². The van der Waals surface area contributed by atoms with Crippen LogP contribution in [0.5, 0.6) is 0 Å². The molecule has 5 heteroatoms. The van der Waals surface area contributed by atoms with E-state index in [9.17, 15) is 5.11 Å². The molecule has 0 amide bonds. The maximum atomic E-state index is 9.79. The summed E-state index contributed by atoms with van der Waals surface area (Å²) in [5.41, 5.74) is 1.01. The predicted octanol–water partition coefficient (Wildman–Crippen LogP) is 2.91. The van der Waals surface area contributed by atoms with Gasteiger partial charge in [0.1, 0.15) is 5.76 Å². The minimum Gasteiger partial charge on any atom is -0.440 e. The molecule has 3 heterocycles. The Bertz CT molecular complexity index is 564. The van der Waals surface area contributed by atoms with E-state index in [1.54, 1.807) is 11.3 Å². The number of rotatable bonds is 3. The summed E-state index contributed by atoms with van der Waals surface area (Å²) < 4.78 is 5.77. The minimum absolute atomic E-state index is 0.161. The zero-order chi connectivity index (χ0) is 14.1. The Morgan fingerprint density at radius 1 is 1.55 bits per heavy atom. The second-order valence-electron chi connectivity index (χ2n) is 5.57. The third-order valence-corrected chi connectivity index (χ3v) is 4.80. The first-order valence-corrected chi connectivity index (χ1v) is 7.92. The Labute approximate surface area is 123 Å². The molecule has 2 unspecified atom stereocenters. The Morgan fingerprint density at radius 2 is 2.40 bits per heavy atom. The van der Waals surface area contributed by atoms with Crippen LogP contribution in [0.15, 0.2) is 21.9 Å². The number of oxazole rings is 1. The van der Waals surface area contributed by atoms with Crippen LogP contribution in [0.1, 0.15) is 24.8 Å². The third kappa shape index (κ3) is 2.80. The Kier molecular flexibility index (Phi) is 3.92. The lowest BCUT2D eigenvalue weighted by Gasteiger charge is -2.33. The van der Waals surface area contributed by atoms with Crippen molar-refractivity contribution in [3.63, 3.8) is 0 Å². The van der Waals surface area contributed by atoms with Gasteiger partial charge < -0.3 is 9.52 Å². The van der Waals surface area contributed by atoms with Crippen molar-refractivity contribution in [2.75, 3.05) is 13.1 Å². The molecule has 108 valence electrons. The fraction of sp³-hybridized carbons (Fsp3) is 0.533. The van der Waals surface area contributed by atoms with E-state index in [0.717, 1.165) is 48.3 Å². The van der Waals surface area contributed by atoms with E-state index >= 15 is 0 Å². The predicted molar refractivity (Wildman–Crippen MR) is 79.6 cm³/mol. The first-order valence-electron chi connectivity index (χ1n) is 7.04. The number of aliphatic hydroxyl groups is 1. The molecule has 0 aromatic carbocycles. The molecule has 0 saturated carbocycles. The summed E-state index contributed by atoms with van der Waals surface area (Å²) in [4.78, 5) is 8.05. The smallest absolute Gasteiger partial charge is 0.236 e. The first kappa shape index (κ1) is 13.8. The summed E-state index contributed by atoms with van der Waals surface area (Å²) in [5, 5.41) is 11.8. The van der Waals surface area contributed by atoms with E-state index in [1.807, 2.05) is 24.4 Å². The molecule has 4 nitrogen and oxygen atoms in total. The number of hydrogen-bond donors (Lipinski definition) is 1. The third-order valence-electron chi connectivity index (χ3n) is 3.94. The van der Waals surface area contributed by atoms with Gasteiger partial charge in [-0.15, -0.1) is 11.3 Å². The molecule has 1 saturated heterocycles. The summed E-state index contributed by atoms with van der Waals surface area (Å²) in [6.07, 6.45) is 0.682. The normalized spacial score (nSPS) is 24.1. The highest BCUT2D eigenvalue weighted by Crippen LogP contribution is 2.27. The average molecular weight is 292 g/mol. The van der Waals surface area contributed by atoms with E-state index in [0.29, 0.717) is 5.92 Å². The topological polar surface area (TPSA) is 49.5 Å². The van der Waals surface area contributed by atoms with Crippen LogP contribution < -0.4 is 0 Å². The van der Waals surface area contributed by atoms with Crippen molar-refractivity contribution in [3.8, 4) is 10.8 Å². The molecule has 1 aliphatic rings. The molecule has 2 atom stereocenters. The van der Waals surface area contributed by atoms with Crippen molar-refractivity contribution in [1.29, 1.82) is 0 Å². The van der Waals surface area contributed by atoms with Crippen LogP contribution in [0.2, 0.25) is 0 Å². The molecule has 0 radical (unpaired) electrons. The maximum absolute atomic E-state index is 9.79. The van der Waals surface area contributed by atoms with Gasteiger partial charge in [0, 0.05) is 19.6 Å². The molecule has 2 aromatic rings. The van der Waals surface area contributed by atoms with Gasteiger partial charge in [-0.1, -0.05) is 13.0 Å². The van der Waals surface area contributed by atoms with E-state index in [1.165, 1.54) is 0 Å². The fourth-order valence-electron chi connectivity index (χ4n) is 2.66. The van der Waals surface area contributed by atoms with Gasteiger partial charge in [-0.25, -0.2) is 4.98 Å². The molecule has 20 heavy (non-hydrogen) atoms.